The van der Waals surface area contributed by atoms with Crippen LogP contribution in [-0.2, 0) is 38.7 Å². The van der Waals surface area contributed by atoms with E-state index in [-0.39, 0.29) is 11.8 Å². The summed E-state index contributed by atoms with van der Waals surface area (Å²) in [6.45, 7) is 3.05. The van der Waals surface area contributed by atoms with E-state index in [0.717, 1.165) is 47.6 Å². The standard InChI is InChI=1S/C39H46NO9PS/c1-43-34-19-15-32(16-20-34)39(31-10-5-3-6-11-31,33-17-21-35(44-2)22-18-33)47-28-26-45-24-25-46-27-29-48-50-40-23-9-14-37(40)38(49-50)30-51(41,42)36-12-7-4-8-13-36/h3-8,10-13,15-22,37-38H,9,14,23-30H2,1-2H3/t37-,38+,50-/m0/s1. The number of sulfone groups is 1. The van der Waals surface area contributed by atoms with E-state index in [9.17, 15) is 8.42 Å². The average Bonchev–Trinajstić information content (AvgIpc) is 3.79. The highest BCUT2D eigenvalue weighted by Crippen LogP contribution is 2.56. The Kier molecular flexibility index (Phi) is 13.1. The largest absolute Gasteiger partial charge is 0.497 e. The normalized spacial score (nSPS) is 19.2. The second kappa shape index (κ2) is 17.9. The Morgan fingerprint density at radius 2 is 1.24 bits per heavy atom. The zero-order valence-electron chi connectivity index (χ0n) is 29.1. The summed E-state index contributed by atoms with van der Waals surface area (Å²) in [6.07, 6.45) is 1.50. The number of rotatable bonds is 19. The molecule has 0 aromatic heterocycles. The highest BCUT2D eigenvalue weighted by Gasteiger charge is 2.48. The second-order valence-electron chi connectivity index (χ2n) is 12.3. The molecule has 0 amide bonds. The number of methoxy groups -OCH3 is 2. The van der Waals surface area contributed by atoms with Gasteiger partial charge in [0.1, 0.15) is 17.1 Å². The molecule has 51 heavy (non-hydrogen) atoms. The molecule has 0 bridgehead atoms. The molecular formula is C39H46NO9PS. The average molecular weight is 736 g/mol. The van der Waals surface area contributed by atoms with E-state index in [1.54, 1.807) is 38.5 Å². The van der Waals surface area contributed by atoms with Crippen LogP contribution in [0, 0.1) is 0 Å². The van der Waals surface area contributed by atoms with E-state index in [4.69, 9.17) is 32.7 Å². The first-order valence-electron chi connectivity index (χ1n) is 17.2. The van der Waals surface area contributed by atoms with Crippen LogP contribution in [0.2, 0.25) is 0 Å². The molecule has 0 unspecified atom stereocenters. The molecule has 4 aromatic rings. The van der Waals surface area contributed by atoms with Crippen LogP contribution in [0.1, 0.15) is 29.5 Å². The van der Waals surface area contributed by atoms with Crippen LogP contribution in [0.5, 0.6) is 11.5 Å². The fourth-order valence-corrected chi connectivity index (χ4v) is 10.0. The van der Waals surface area contributed by atoms with Gasteiger partial charge in [0.15, 0.2) is 9.84 Å². The summed E-state index contributed by atoms with van der Waals surface area (Å²) >= 11 is 0. The van der Waals surface area contributed by atoms with Gasteiger partial charge in [-0.2, -0.15) is 0 Å². The third-order valence-corrected chi connectivity index (χ3v) is 12.7. The van der Waals surface area contributed by atoms with E-state index in [1.165, 1.54) is 0 Å². The monoisotopic (exact) mass is 735 g/mol. The number of benzene rings is 4. The Hall–Kier alpha value is -3.38. The molecule has 0 N–H and O–H groups in total. The zero-order chi connectivity index (χ0) is 35.5. The van der Waals surface area contributed by atoms with Gasteiger partial charge in [-0.15, -0.1) is 0 Å². The fraction of sp³-hybridized carbons (Fsp3) is 0.385. The molecule has 0 aliphatic carbocycles. The molecule has 2 aliphatic rings. The summed E-state index contributed by atoms with van der Waals surface area (Å²) in [6, 6.07) is 34.6. The van der Waals surface area contributed by atoms with E-state index >= 15 is 0 Å². The maximum absolute atomic E-state index is 13.0. The van der Waals surface area contributed by atoms with Crippen LogP contribution in [0.25, 0.3) is 0 Å². The van der Waals surface area contributed by atoms with Crippen molar-refractivity contribution in [3.63, 3.8) is 0 Å². The molecule has 2 fully saturated rings. The van der Waals surface area contributed by atoms with Crippen LogP contribution < -0.4 is 9.47 Å². The van der Waals surface area contributed by atoms with Crippen molar-refractivity contribution in [2.24, 2.45) is 0 Å². The maximum Gasteiger partial charge on any atom is 0.259 e. The Balaban J connectivity index is 0.975. The van der Waals surface area contributed by atoms with Crippen molar-refractivity contribution in [2.45, 2.75) is 35.5 Å². The summed E-state index contributed by atoms with van der Waals surface area (Å²) in [5.74, 6) is 1.48. The van der Waals surface area contributed by atoms with Gasteiger partial charge in [-0.3, -0.25) is 0 Å². The van der Waals surface area contributed by atoms with Crippen LogP contribution in [0.4, 0.5) is 0 Å². The Bertz CT molecular complexity index is 1700. The third-order valence-electron chi connectivity index (χ3n) is 9.14. The predicted octanol–water partition coefficient (Wildman–Crippen LogP) is 6.63. The van der Waals surface area contributed by atoms with Gasteiger partial charge in [-0.1, -0.05) is 72.8 Å². The van der Waals surface area contributed by atoms with E-state index in [0.29, 0.717) is 44.5 Å². The van der Waals surface area contributed by atoms with Crippen molar-refractivity contribution in [2.75, 3.05) is 66.2 Å². The quantitative estimate of drug-likeness (QED) is 0.0593. The molecule has 2 aliphatic heterocycles. The van der Waals surface area contributed by atoms with Crippen LogP contribution in [0.3, 0.4) is 0 Å². The highest BCUT2D eigenvalue weighted by molar-refractivity contribution is 7.91. The molecule has 0 radical (unpaired) electrons. The molecule has 6 rings (SSSR count). The van der Waals surface area contributed by atoms with Crippen molar-refractivity contribution in [1.29, 1.82) is 0 Å². The predicted molar refractivity (Wildman–Crippen MR) is 196 cm³/mol. The first-order valence-corrected chi connectivity index (χ1v) is 20.0. The van der Waals surface area contributed by atoms with E-state index in [1.807, 2.05) is 72.8 Å². The van der Waals surface area contributed by atoms with Crippen molar-refractivity contribution in [1.82, 2.24) is 4.67 Å². The van der Waals surface area contributed by atoms with Crippen molar-refractivity contribution in [3.05, 3.63) is 126 Å². The summed E-state index contributed by atoms with van der Waals surface area (Å²) in [7, 11) is -1.48. The van der Waals surface area contributed by atoms with Gasteiger partial charge >= 0.3 is 0 Å². The lowest BCUT2D eigenvalue weighted by Gasteiger charge is -2.36. The highest BCUT2D eigenvalue weighted by atomic mass is 32.2. The van der Waals surface area contributed by atoms with Gasteiger partial charge < -0.3 is 32.7 Å². The smallest absolute Gasteiger partial charge is 0.259 e. The summed E-state index contributed by atoms with van der Waals surface area (Å²) in [4.78, 5) is 0.322. The lowest BCUT2D eigenvalue weighted by atomic mass is 9.80. The number of hydrogen-bond acceptors (Lipinski definition) is 10. The SMILES string of the molecule is COc1ccc(C(OCCOCCOCCO[P@@]2O[C@H](CS(=O)(=O)c3ccccc3)[C@@H]3CCCN32)(c2ccccc2)c2ccc(OC)cc2)cc1. The molecule has 4 aromatic carbocycles. The summed E-state index contributed by atoms with van der Waals surface area (Å²) in [5.41, 5.74) is 2.00. The third kappa shape index (κ3) is 8.99. The van der Waals surface area contributed by atoms with Gasteiger partial charge in [-0.25, -0.2) is 13.1 Å². The Labute approximate surface area is 302 Å². The Morgan fingerprint density at radius 3 is 1.82 bits per heavy atom. The number of ether oxygens (including phenoxy) is 5. The summed E-state index contributed by atoms with van der Waals surface area (Å²) < 4.78 is 69.9. The van der Waals surface area contributed by atoms with Crippen LogP contribution >= 0.6 is 8.53 Å². The molecule has 10 nitrogen and oxygen atoms in total. The van der Waals surface area contributed by atoms with Gasteiger partial charge in [0.05, 0.1) is 70.6 Å². The lowest BCUT2D eigenvalue weighted by molar-refractivity contribution is -0.0346. The second-order valence-corrected chi connectivity index (χ2v) is 15.8. The number of nitrogens with zero attached hydrogens (tertiary/aromatic N) is 1. The molecule has 0 saturated carbocycles. The lowest BCUT2D eigenvalue weighted by Crippen LogP contribution is -2.34. The molecular weight excluding hydrogens is 689 g/mol. The van der Waals surface area contributed by atoms with Gasteiger partial charge in [-0.05, 0) is 65.9 Å². The minimum absolute atomic E-state index is 0.0510. The van der Waals surface area contributed by atoms with Crippen molar-refractivity contribution < 1.29 is 41.1 Å². The van der Waals surface area contributed by atoms with Crippen molar-refractivity contribution in [3.8, 4) is 11.5 Å². The minimum Gasteiger partial charge on any atom is -0.497 e. The topological polar surface area (TPSA) is 102 Å². The Morgan fingerprint density at radius 1 is 0.706 bits per heavy atom. The number of hydrogen-bond donors (Lipinski definition) is 0. The maximum atomic E-state index is 13.0. The first kappa shape index (κ1) is 37.4. The van der Waals surface area contributed by atoms with Crippen LogP contribution in [0.15, 0.2) is 114 Å². The van der Waals surface area contributed by atoms with Gasteiger partial charge in [0.25, 0.3) is 8.53 Å². The molecule has 3 atom stereocenters. The molecule has 0 spiro atoms. The summed E-state index contributed by atoms with van der Waals surface area (Å²) in [5, 5.41) is 0. The first-order chi connectivity index (χ1) is 24.9. The van der Waals surface area contributed by atoms with Gasteiger partial charge in [0, 0.05) is 12.6 Å². The molecule has 2 heterocycles. The van der Waals surface area contributed by atoms with Crippen LogP contribution in [-0.4, -0.2) is 91.4 Å². The molecule has 2 saturated heterocycles. The van der Waals surface area contributed by atoms with Crippen molar-refractivity contribution >= 4 is 18.4 Å². The van der Waals surface area contributed by atoms with E-state index in [2.05, 4.69) is 16.8 Å². The van der Waals surface area contributed by atoms with E-state index < -0.39 is 30.1 Å². The zero-order valence-corrected chi connectivity index (χ0v) is 30.8. The fourth-order valence-electron chi connectivity index (χ4n) is 6.62. The molecule has 272 valence electrons. The molecule has 12 heteroatoms. The van der Waals surface area contributed by atoms with Gasteiger partial charge in [0.2, 0.25) is 0 Å². The number of fused-ring (bicyclic) bond motifs is 1. The minimum atomic E-state index is -3.46.